The molecule has 5 rings (SSSR count). The Morgan fingerprint density at radius 2 is 1.68 bits per heavy atom. The summed E-state index contributed by atoms with van der Waals surface area (Å²) in [6.07, 6.45) is 1.54. The van der Waals surface area contributed by atoms with E-state index in [2.05, 4.69) is 10.1 Å². The Hall–Kier alpha value is -4.48. The number of amides is 1. The number of aromatic hydroxyl groups is 1. The Kier molecular flexibility index (Phi) is 7.42. The first kappa shape index (κ1) is 27.1. The molecule has 2 heterocycles. The summed E-state index contributed by atoms with van der Waals surface area (Å²) in [5.74, 6) is 0.832. The van der Waals surface area contributed by atoms with Gasteiger partial charge < -0.3 is 24.2 Å². The van der Waals surface area contributed by atoms with Gasteiger partial charge in [-0.1, -0.05) is 23.2 Å². The summed E-state index contributed by atoms with van der Waals surface area (Å²) in [5, 5.41) is 14.4. The number of benzene rings is 3. The number of phenols is 1. The van der Waals surface area contributed by atoms with Crippen molar-refractivity contribution >= 4 is 29.1 Å². The normalized spacial score (nSPS) is 12.6. The highest BCUT2D eigenvalue weighted by Crippen LogP contribution is 2.39. The van der Waals surface area contributed by atoms with Crippen molar-refractivity contribution < 1.29 is 24.1 Å². The molecule has 40 heavy (non-hydrogen) atoms. The van der Waals surface area contributed by atoms with Crippen molar-refractivity contribution in [3.05, 3.63) is 96.2 Å². The van der Waals surface area contributed by atoms with Crippen molar-refractivity contribution in [2.45, 2.75) is 13.0 Å². The van der Waals surface area contributed by atoms with Crippen LogP contribution >= 0.6 is 23.2 Å². The van der Waals surface area contributed by atoms with E-state index < -0.39 is 11.2 Å². The average molecular weight is 585 g/mol. The van der Waals surface area contributed by atoms with Crippen LogP contribution < -0.4 is 25.5 Å². The molecule has 2 N–H and O–H groups in total. The molecule has 13 heteroatoms. The second kappa shape index (κ2) is 10.9. The van der Waals surface area contributed by atoms with Gasteiger partial charge in [0, 0.05) is 13.1 Å². The van der Waals surface area contributed by atoms with E-state index in [4.69, 9.17) is 37.4 Å². The van der Waals surface area contributed by atoms with Gasteiger partial charge in [0.2, 0.25) is 0 Å². The topological polar surface area (TPSA) is 136 Å². The molecule has 11 nitrogen and oxygen atoms in total. The summed E-state index contributed by atoms with van der Waals surface area (Å²) in [7, 11) is 3.12. The molecule has 1 aromatic heterocycles. The fourth-order valence-corrected chi connectivity index (χ4v) is 4.95. The molecular weight excluding hydrogens is 563 g/mol. The molecule has 0 aliphatic carbocycles. The first-order chi connectivity index (χ1) is 19.2. The van der Waals surface area contributed by atoms with E-state index in [-0.39, 0.29) is 44.5 Å². The summed E-state index contributed by atoms with van der Waals surface area (Å²) in [6.45, 7) is 0.749. The third-order valence-electron chi connectivity index (χ3n) is 6.36. The highest BCUT2D eigenvalue weighted by molar-refractivity contribution is 6.37. The zero-order valence-electron chi connectivity index (χ0n) is 21.2. The van der Waals surface area contributed by atoms with E-state index in [1.165, 1.54) is 30.3 Å². The number of H-pyrrole nitrogens is 1. The molecule has 0 fully saturated rings. The van der Waals surface area contributed by atoms with E-state index in [0.717, 1.165) is 22.0 Å². The molecule has 0 radical (unpaired) electrons. The van der Waals surface area contributed by atoms with Gasteiger partial charge in [0.1, 0.15) is 17.7 Å². The molecule has 0 bridgehead atoms. The van der Waals surface area contributed by atoms with Crippen LogP contribution in [0, 0.1) is 0 Å². The van der Waals surface area contributed by atoms with Gasteiger partial charge in [-0.15, -0.1) is 0 Å². The number of aromatic amines is 1. The second-order valence-electron chi connectivity index (χ2n) is 8.82. The molecule has 0 spiro atoms. The van der Waals surface area contributed by atoms with Crippen LogP contribution in [-0.2, 0) is 13.0 Å². The van der Waals surface area contributed by atoms with E-state index >= 15 is 0 Å². The maximum atomic E-state index is 13.4. The van der Waals surface area contributed by atoms with Crippen molar-refractivity contribution in [1.82, 2.24) is 19.7 Å². The number of nitrogens with zero attached hydrogens (tertiary/aromatic N) is 3. The molecule has 0 atom stereocenters. The Balaban J connectivity index is 1.40. The molecule has 3 aromatic carbocycles. The van der Waals surface area contributed by atoms with Gasteiger partial charge in [-0.05, 0) is 60.0 Å². The van der Waals surface area contributed by atoms with Gasteiger partial charge in [0.05, 0.1) is 35.5 Å². The number of hydrogen-bond donors (Lipinski definition) is 2. The molecule has 0 saturated carbocycles. The number of ether oxygens (including phenoxy) is 3. The third kappa shape index (κ3) is 5.21. The van der Waals surface area contributed by atoms with Gasteiger partial charge in [-0.3, -0.25) is 14.6 Å². The molecule has 206 valence electrons. The van der Waals surface area contributed by atoms with Crippen LogP contribution in [0.4, 0.5) is 0 Å². The SMILES string of the molecule is COc1cc2c(cc1OC)CN(C(=O)c1cc(Oc3c(Cl)cc(-n4ncc(=O)[nH]c4=O)cc3Cl)ccc1O)CC2. The third-order valence-corrected chi connectivity index (χ3v) is 6.93. The van der Waals surface area contributed by atoms with Crippen molar-refractivity contribution in [1.29, 1.82) is 0 Å². The standard InChI is InChI=1S/C27H22Cl2N4O7/c1-38-22-7-14-5-6-32(13-15(14)8-23(22)39-2)26(36)18-11-17(3-4-21(18)34)40-25-19(28)9-16(10-20(25)29)33-27(37)31-24(35)12-30-33/h3-4,7-12,34H,5-6,13H2,1-2H3,(H,31,35,37). The zero-order chi connectivity index (χ0) is 28.6. The molecular formula is C27H22Cl2N4O7. The lowest BCUT2D eigenvalue weighted by atomic mass is 9.98. The fraction of sp³-hybridized carbons (Fsp3) is 0.185. The van der Waals surface area contributed by atoms with Crippen LogP contribution in [0.15, 0.2) is 58.3 Å². The molecule has 0 unspecified atom stereocenters. The van der Waals surface area contributed by atoms with Gasteiger partial charge in [-0.25, -0.2) is 4.79 Å². The number of methoxy groups -OCH3 is 2. The minimum Gasteiger partial charge on any atom is -0.507 e. The van der Waals surface area contributed by atoms with E-state index in [0.29, 0.717) is 31.0 Å². The zero-order valence-corrected chi connectivity index (χ0v) is 22.7. The van der Waals surface area contributed by atoms with Crippen LogP contribution in [0.25, 0.3) is 5.69 Å². The van der Waals surface area contributed by atoms with E-state index in [9.17, 15) is 19.5 Å². The molecule has 0 saturated heterocycles. The largest absolute Gasteiger partial charge is 0.507 e. The number of aromatic nitrogens is 3. The maximum absolute atomic E-state index is 13.4. The van der Waals surface area contributed by atoms with Crippen molar-refractivity contribution in [3.63, 3.8) is 0 Å². The lowest BCUT2D eigenvalue weighted by molar-refractivity contribution is 0.0731. The van der Waals surface area contributed by atoms with Gasteiger partial charge in [-0.2, -0.15) is 9.78 Å². The highest BCUT2D eigenvalue weighted by Gasteiger charge is 2.26. The summed E-state index contributed by atoms with van der Waals surface area (Å²) in [5.41, 5.74) is 0.783. The monoisotopic (exact) mass is 584 g/mol. The van der Waals surface area contributed by atoms with Crippen LogP contribution in [-0.4, -0.2) is 51.4 Å². The van der Waals surface area contributed by atoms with Crippen molar-refractivity contribution in [2.24, 2.45) is 0 Å². The van der Waals surface area contributed by atoms with Crippen LogP contribution in [0.2, 0.25) is 10.0 Å². The average Bonchev–Trinajstić information content (AvgIpc) is 2.94. The Morgan fingerprint density at radius 3 is 2.33 bits per heavy atom. The number of fused-ring (bicyclic) bond motifs is 1. The predicted molar refractivity (Wildman–Crippen MR) is 147 cm³/mol. The van der Waals surface area contributed by atoms with Crippen LogP contribution in [0.1, 0.15) is 21.5 Å². The number of halogens is 2. The maximum Gasteiger partial charge on any atom is 0.349 e. The van der Waals surface area contributed by atoms with E-state index in [1.54, 1.807) is 19.1 Å². The first-order valence-corrected chi connectivity index (χ1v) is 12.7. The lowest BCUT2D eigenvalue weighted by Gasteiger charge is -2.30. The number of nitrogens with one attached hydrogen (secondary N) is 1. The minimum atomic E-state index is -0.770. The fourth-order valence-electron chi connectivity index (χ4n) is 4.40. The summed E-state index contributed by atoms with van der Waals surface area (Å²) in [4.78, 5) is 40.6. The molecule has 1 aliphatic rings. The van der Waals surface area contributed by atoms with Crippen LogP contribution in [0.3, 0.4) is 0 Å². The van der Waals surface area contributed by atoms with Crippen molar-refractivity contribution in [2.75, 3.05) is 20.8 Å². The Morgan fingerprint density at radius 1 is 1.00 bits per heavy atom. The summed E-state index contributed by atoms with van der Waals surface area (Å²) in [6, 6.07) is 10.7. The van der Waals surface area contributed by atoms with Gasteiger partial charge in [0.25, 0.3) is 11.5 Å². The smallest absolute Gasteiger partial charge is 0.349 e. The Bertz CT molecular complexity index is 1730. The number of phenolic OH excluding ortho intramolecular Hbond substituents is 1. The quantitative estimate of drug-likeness (QED) is 0.348. The van der Waals surface area contributed by atoms with Gasteiger partial charge in [0.15, 0.2) is 17.2 Å². The molecule has 1 aliphatic heterocycles. The lowest BCUT2D eigenvalue weighted by Crippen LogP contribution is -2.36. The second-order valence-corrected chi connectivity index (χ2v) is 9.64. The summed E-state index contributed by atoms with van der Waals surface area (Å²) >= 11 is 12.8. The van der Waals surface area contributed by atoms with Crippen molar-refractivity contribution in [3.8, 4) is 34.4 Å². The van der Waals surface area contributed by atoms with E-state index in [1.807, 2.05) is 12.1 Å². The van der Waals surface area contributed by atoms with Gasteiger partial charge >= 0.3 is 5.69 Å². The highest BCUT2D eigenvalue weighted by atomic mass is 35.5. The first-order valence-electron chi connectivity index (χ1n) is 11.9. The predicted octanol–water partition coefficient (Wildman–Crippen LogP) is 3.94. The number of carbonyl (C=O) groups is 1. The minimum absolute atomic E-state index is 0.0364. The summed E-state index contributed by atoms with van der Waals surface area (Å²) < 4.78 is 17.6. The number of rotatable bonds is 6. The number of hydrogen-bond acceptors (Lipinski definition) is 8. The number of carbonyl (C=O) groups excluding carboxylic acids is 1. The Labute approximate surface area is 237 Å². The van der Waals surface area contributed by atoms with Crippen LogP contribution in [0.5, 0.6) is 28.7 Å². The molecule has 1 amide bonds. The molecule has 4 aromatic rings.